The first-order chi connectivity index (χ1) is 15.5. The van der Waals surface area contributed by atoms with Gasteiger partial charge in [0, 0.05) is 13.2 Å². The standard InChI is InChI=1S/C18H14Cl2FN9O2/c1-32-18(8-21)9-28(12-7-22-14-5-13(20)27-29(14)15(12)18)17(31)26-10-4-11(19)16(23-6-10)30-24-2-3-25-30/h2-7H,8-9H2,1H3,(H,26,31). The lowest BCUT2D eigenvalue weighted by Gasteiger charge is -2.25. The highest BCUT2D eigenvalue weighted by Gasteiger charge is 2.48. The number of hydrogen-bond acceptors (Lipinski definition) is 7. The largest absolute Gasteiger partial charge is 0.367 e. The van der Waals surface area contributed by atoms with Crippen molar-refractivity contribution in [1.29, 1.82) is 0 Å². The molecule has 0 saturated carbocycles. The minimum atomic E-state index is -1.44. The van der Waals surface area contributed by atoms with Crippen molar-refractivity contribution in [2.24, 2.45) is 0 Å². The van der Waals surface area contributed by atoms with Crippen LogP contribution in [0.3, 0.4) is 0 Å². The van der Waals surface area contributed by atoms with Crippen molar-refractivity contribution in [3.63, 3.8) is 0 Å². The summed E-state index contributed by atoms with van der Waals surface area (Å²) in [6.07, 6.45) is 5.84. The predicted octanol–water partition coefficient (Wildman–Crippen LogP) is 2.88. The molecule has 2 amide bonds. The molecule has 0 radical (unpaired) electrons. The van der Waals surface area contributed by atoms with Gasteiger partial charge in [-0.1, -0.05) is 23.2 Å². The molecule has 0 aliphatic carbocycles. The Balaban J connectivity index is 1.49. The number of fused-ring (bicyclic) bond motifs is 3. The third kappa shape index (κ3) is 3.15. The number of amides is 2. The highest BCUT2D eigenvalue weighted by atomic mass is 35.5. The fourth-order valence-corrected chi connectivity index (χ4v) is 4.02. The van der Waals surface area contributed by atoms with Crippen molar-refractivity contribution < 1.29 is 13.9 Å². The third-order valence-corrected chi connectivity index (χ3v) is 5.57. The number of carbonyl (C=O) groups is 1. The fraction of sp³-hybridized carbons (Fsp3) is 0.222. The molecule has 1 unspecified atom stereocenters. The van der Waals surface area contributed by atoms with Crippen molar-refractivity contribution in [3.8, 4) is 5.82 Å². The lowest BCUT2D eigenvalue weighted by molar-refractivity contribution is -0.0239. The lowest BCUT2D eigenvalue weighted by Crippen LogP contribution is -2.42. The quantitative estimate of drug-likeness (QED) is 0.480. The zero-order valence-electron chi connectivity index (χ0n) is 16.4. The van der Waals surface area contributed by atoms with E-state index in [0.29, 0.717) is 28.5 Å². The summed E-state index contributed by atoms with van der Waals surface area (Å²) in [7, 11) is 1.37. The van der Waals surface area contributed by atoms with Gasteiger partial charge in [0.05, 0.1) is 47.7 Å². The minimum absolute atomic E-state index is 0.101. The number of ether oxygens (including phenoxy) is 1. The van der Waals surface area contributed by atoms with E-state index in [1.807, 2.05) is 0 Å². The second kappa shape index (κ2) is 7.65. The Hall–Kier alpha value is -3.35. The second-order valence-electron chi connectivity index (χ2n) is 6.93. The number of halogens is 3. The number of aromatic nitrogens is 7. The molecule has 1 N–H and O–H groups in total. The minimum Gasteiger partial charge on any atom is -0.367 e. The van der Waals surface area contributed by atoms with Crippen LogP contribution in [0.1, 0.15) is 5.69 Å². The molecule has 1 aliphatic rings. The van der Waals surface area contributed by atoms with Gasteiger partial charge in [0.1, 0.15) is 12.4 Å². The Kier molecular flexibility index (Phi) is 4.92. The average molecular weight is 478 g/mol. The first-order valence-corrected chi connectivity index (χ1v) is 9.98. The number of carbonyl (C=O) groups excluding carboxylic acids is 1. The molecule has 1 aliphatic heterocycles. The number of pyridine rings is 1. The molecule has 5 heterocycles. The van der Waals surface area contributed by atoms with Gasteiger partial charge in [-0.25, -0.2) is 23.7 Å². The van der Waals surface area contributed by atoms with Crippen LogP contribution in [-0.4, -0.2) is 60.9 Å². The van der Waals surface area contributed by atoms with Crippen LogP contribution >= 0.6 is 23.2 Å². The van der Waals surface area contributed by atoms with Gasteiger partial charge in [-0.15, -0.1) is 4.80 Å². The molecule has 0 fully saturated rings. The Morgan fingerprint density at radius 3 is 2.72 bits per heavy atom. The molecule has 1 atom stereocenters. The molecule has 0 bridgehead atoms. The molecule has 11 nitrogen and oxygen atoms in total. The normalized spacial score (nSPS) is 17.7. The maximum Gasteiger partial charge on any atom is 0.326 e. The molecule has 32 heavy (non-hydrogen) atoms. The van der Waals surface area contributed by atoms with Crippen LogP contribution in [-0.2, 0) is 10.3 Å². The topological polar surface area (TPSA) is 115 Å². The van der Waals surface area contributed by atoms with Gasteiger partial charge in [-0.3, -0.25) is 4.90 Å². The van der Waals surface area contributed by atoms with E-state index in [-0.39, 0.29) is 16.7 Å². The Bertz CT molecular complexity index is 1320. The Labute approximate surface area is 189 Å². The Morgan fingerprint density at radius 1 is 1.25 bits per heavy atom. The molecule has 4 aromatic rings. The van der Waals surface area contributed by atoms with Gasteiger partial charge in [0.15, 0.2) is 22.2 Å². The van der Waals surface area contributed by atoms with Crippen LogP contribution in [0, 0.1) is 0 Å². The SMILES string of the molecule is COC1(CF)CN(C(=O)Nc2cnc(-n3nccn3)c(Cl)c2)c2cnc3cc(Cl)nn3c21. The molecule has 0 saturated heterocycles. The molecule has 14 heteroatoms. The predicted molar refractivity (Wildman–Crippen MR) is 113 cm³/mol. The van der Waals surface area contributed by atoms with Gasteiger partial charge < -0.3 is 10.1 Å². The number of hydrogen-bond donors (Lipinski definition) is 1. The number of nitrogens with zero attached hydrogens (tertiary/aromatic N) is 8. The third-order valence-electron chi connectivity index (χ3n) is 5.10. The van der Waals surface area contributed by atoms with E-state index in [1.165, 1.54) is 58.2 Å². The van der Waals surface area contributed by atoms with Crippen LogP contribution in [0.15, 0.2) is 36.9 Å². The Morgan fingerprint density at radius 2 is 2.03 bits per heavy atom. The maximum absolute atomic E-state index is 14.2. The summed E-state index contributed by atoms with van der Waals surface area (Å²) in [5.74, 6) is 0.305. The summed E-state index contributed by atoms with van der Waals surface area (Å²) in [6, 6.07) is 2.49. The number of nitrogens with one attached hydrogen (secondary N) is 1. The van der Waals surface area contributed by atoms with E-state index in [9.17, 15) is 9.18 Å². The van der Waals surface area contributed by atoms with Gasteiger partial charge >= 0.3 is 6.03 Å². The number of anilines is 2. The van der Waals surface area contributed by atoms with Gasteiger partial charge in [0.2, 0.25) is 0 Å². The highest BCUT2D eigenvalue weighted by molar-refractivity contribution is 6.32. The van der Waals surface area contributed by atoms with Gasteiger partial charge in [0.25, 0.3) is 0 Å². The van der Waals surface area contributed by atoms with Crippen LogP contribution in [0.5, 0.6) is 0 Å². The summed E-state index contributed by atoms with van der Waals surface area (Å²) < 4.78 is 21.2. The lowest BCUT2D eigenvalue weighted by atomic mass is 10.0. The molecule has 0 aromatic carbocycles. The van der Waals surface area contributed by atoms with Gasteiger partial charge in [-0.05, 0) is 6.07 Å². The second-order valence-corrected chi connectivity index (χ2v) is 7.72. The van der Waals surface area contributed by atoms with E-state index in [0.717, 1.165) is 0 Å². The van der Waals surface area contributed by atoms with Crippen LogP contribution in [0.4, 0.5) is 20.6 Å². The monoisotopic (exact) mass is 477 g/mol. The number of methoxy groups -OCH3 is 1. The van der Waals surface area contributed by atoms with Crippen molar-refractivity contribution in [1.82, 2.24) is 34.6 Å². The van der Waals surface area contributed by atoms with Crippen molar-refractivity contribution in [2.45, 2.75) is 5.60 Å². The molecule has 5 rings (SSSR count). The average Bonchev–Trinajstić information content (AvgIpc) is 3.50. The van der Waals surface area contributed by atoms with E-state index in [4.69, 9.17) is 27.9 Å². The molecule has 0 spiro atoms. The maximum atomic E-state index is 14.2. The highest BCUT2D eigenvalue weighted by Crippen LogP contribution is 2.42. The zero-order chi connectivity index (χ0) is 22.5. The number of alkyl halides is 1. The van der Waals surface area contributed by atoms with Gasteiger partial charge in [-0.2, -0.15) is 15.3 Å². The smallest absolute Gasteiger partial charge is 0.326 e. The summed E-state index contributed by atoms with van der Waals surface area (Å²) >= 11 is 12.3. The number of rotatable bonds is 4. The first-order valence-electron chi connectivity index (χ1n) is 9.22. The van der Waals surface area contributed by atoms with Crippen molar-refractivity contribution in [2.75, 3.05) is 30.5 Å². The van der Waals surface area contributed by atoms with Crippen LogP contribution in [0.25, 0.3) is 11.5 Å². The summed E-state index contributed by atoms with van der Waals surface area (Å²) in [4.78, 5) is 24.2. The summed E-state index contributed by atoms with van der Waals surface area (Å²) in [5, 5.41) is 15.2. The van der Waals surface area contributed by atoms with Crippen LogP contribution in [0.2, 0.25) is 10.2 Å². The van der Waals surface area contributed by atoms with Crippen molar-refractivity contribution >= 4 is 46.3 Å². The van der Waals surface area contributed by atoms with Crippen LogP contribution < -0.4 is 10.2 Å². The fourth-order valence-electron chi connectivity index (χ4n) is 3.60. The first kappa shape index (κ1) is 20.5. The summed E-state index contributed by atoms with van der Waals surface area (Å²) in [6.45, 7) is -0.994. The van der Waals surface area contributed by atoms with E-state index in [1.54, 1.807) is 0 Å². The van der Waals surface area contributed by atoms with E-state index >= 15 is 0 Å². The van der Waals surface area contributed by atoms with E-state index < -0.39 is 18.3 Å². The molecular weight excluding hydrogens is 464 g/mol. The molecular formula is C18H14Cl2FN9O2. The molecule has 164 valence electrons. The van der Waals surface area contributed by atoms with E-state index in [2.05, 4.69) is 30.6 Å². The van der Waals surface area contributed by atoms with Crippen molar-refractivity contribution in [3.05, 3.63) is 52.8 Å². The summed E-state index contributed by atoms with van der Waals surface area (Å²) in [5.41, 5.74) is -0.0284. The molecule has 4 aromatic heterocycles. The zero-order valence-corrected chi connectivity index (χ0v) is 17.9. The number of urea groups is 1.